The molecule has 0 aliphatic carbocycles. The Morgan fingerprint density at radius 3 is 2.88 bits per heavy atom. The van der Waals surface area contributed by atoms with Gasteiger partial charge in [0.1, 0.15) is 0 Å². The highest BCUT2D eigenvalue weighted by Gasteiger charge is 2.22. The number of thiophene rings is 1. The van der Waals surface area contributed by atoms with Crippen molar-refractivity contribution in [1.82, 2.24) is 20.0 Å². The first-order valence-electron chi connectivity index (χ1n) is 8.23. The molecule has 0 unspecified atom stereocenters. The van der Waals surface area contributed by atoms with Crippen molar-refractivity contribution in [2.75, 3.05) is 6.67 Å². The van der Waals surface area contributed by atoms with Crippen LogP contribution in [0, 0.1) is 6.92 Å². The summed E-state index contributed by atoms with van der Waals surface area (Å²) in [5.74, 6) is 1.01. The van der Waals surface area contributed by atoms with E-state index in [9.17, 15) is 0 Å². The molecule has 0 bridgehead atoms. The third kappa shape index (κ3) is 2.55. The van der Waals surface area contributed by atoms with Crippen molar-refractivity contribution in [3.05, 3.63) is 75.8 Å². The van der Waals surface area contributed by atoms with Crippen LogP contribution in [0.4, 0.5) is 0 Å². The van der Waals surface area contributed by atoms with Crippen LogP contribution in [-0.2, 0) is 6.54 Å². The number of nitrogens with one attached hydrogen (secondary N) is 1. The molecule has 0 saturated heterocycles. The van der Waals surface area contributed by atoms with Crippen LogP contribution in [0.25, 0.3) is 16.6 Å². The van der Waals surface area contributed by atoms with Crippen molar-refractivity contribution < 1.29 is 0 Å². The summed E-state index contributed by atoms with van der Waals surface area (Å²) in [7, 11) is 0. The highest BCUT2D eigenvalue weighted by atomic mass is 32.1. The monoisotopic (exact) mass is 347 g/mol. The normalized spacial score (nSPS) is 15.3. The summed E-state index contributed by atoms with van der Waals surface area (Å²) in [5, 5.41) is 8.17. The number of benzene rings is 1. The number of nitrogens with zero attached hydrogens (tertiary/aromatic N) is 4. The van der Waals surface area contributed by atoms with Gasteiger partial charge < -0.3 is 9.80 Å². The van der Waals surface area contributed by atoms with Gasteiger partial charge in [0.2, 0.25) is 0 Å². The zero-order chi connectivity index (χ0) is 16.8. The largest absolute Gasteiger partial charge is 0.352 e. The van der Waals surface area contributed by atoms with Gasteiger partial charge in [0.15, 0.2) is 5.82 Å². The third-order valence-electron chi connectivity index (χ3n) is 4.50. The standard InChI is InChI=1S/C19H17N5S/c1-13-15(8-20-22-13)17-7-16-18(25-17)10-24-12-23(11-19(24)21-16)9-14-5-3-2-4-6-14/h2-8,10-11H,9,12H2,1H3,(H,20,22). The number of aromatic amines is 1. The van der Waals surface area contributed by atoms with Gasteiger partial charge >= 0.3 is 0 Å². The Morgan fingerprint density at radius 1 is 1.20 bits per heavy atom. The number of fused-ring (bicyclic) bond motifs is 2. The third-order valence-corrected chi connectivity index (χ3v) is 5.59. The molecular formula is C19H17N5S. The molecule has 6 heteroatoms. The zero-order valence-electron chi connectivity index (χ0n) is 13.8. The van der Waals surface area contributed by atoms with Crippen LogP contribution >= 0.6 is 11.3 Å². The summed E-state index contributed by atoms with van der Waals surface area (Å²) < 4.78 is 1.20. The van der Waals surface area contributed by atoms with Gasteiger partial charge in [-0.3, -0.25) is 5.10 Å². The van der Waals surface area contributed by atoms with Gasteiger partial charge in [0.25, 0.3) is 0 Å². The second-order valence-corrected chi connectivity index (χ2v) is 7.42. The lowest BCUT2D eigenvalue weighted by molar-refractivity contribution is 0.314. The molecule has 2 aromatic heterocycles. The van der Waals surface area contributed by atoms with E-state index in [1.54, 1.807) is 11.3 Å². The molecule has 3 aromatic rings. The van der Waals surface area contributed by atoms with Crippen LogP contribution in [-0.4, -0.2) is 26.7 Å². The lowest BCUT2D eigenvalue weighted by atomic mass is 10.2. The number of rotatable bonds is 3. The number of aryl methyl sites for hydroxylation is 1. The van der Waals surface area contributed by atoms with Crippen molar-refractivity contribution in [2.45, 2.75) is 13.5 Å². The van der Waals surface area contributed by atoms with Crippen molar-refractivity contribution in [3.63, 3.8) is 0 Å². The number of H-pyrrole nitrogens is 1. The van der Waals surface area contributed by atoms with Gasteiger partial charge in [-0.2, -0.15) is 5.10 Å². The number of hydrogen-bond acceptors (Lipinski definition) is 5. The molecule has 0 fully saturated rings. The summed E-state index contributed by atoms with van der Waals surface area (Å²) in [4.78, 5) is 10.6. The smallest absolute Gasteiger partial charge is 0.150 e. The SMILES string of the molecule is Cc1[nH]ncc1-c1cc2c(s1)=CN1CN(Cc3ccccc3)C=C1N=2. The van der Waals surface area contributed by atoms with Crippen molar-refractivity contribution >= 4 is 17.5 Å². The Kier molecular flexibility index (Phi) is 3.24. The van der Waals surface area contributed by atoms with E-state index in [2.05, 4.69) is 68.8 Å². The Morgan fingerprint density at radius 2 is 2.08 bits per heavy atom. The minimum Gasteiger partial charge on any atom is -0.352 e. The molecule has 1 N–H and O–H groups in total. The predicted molar refractivity (Wildman–Crippen MR) is 98.7 cm³/mol. The Hall–Kier alpha value is -2.86. The molecule has 0 saturated carbocycles. The quantitative estimate of drug-likeness (QED) is 0.791. The van der Waals surface area contributed by atoms with Gasteiger partial charge in [0.05, 0.1) is 22.8 Å². The van der Waals surface area contributed by atoms with Crippen LogP contribution < -0.4 is 9.89 Å². The van der Waals surface area contributed by atoms with E-state index in [0.29, 0.717) is 0 Å². The van der Waals surface area contributed by atoms with Crippen LogP contribution in [0.15, 0.2) is 59.6 Å². The minimum absolute atomic E-state index is 0.838. The van der Waals surface area contributed by atoms with Gasteiger partial charge in [-0.15, -0.1) is 11.3 Å². The van der Waals surface area contributed by atoms with Crippen molar-refractivity contribution in [3.8, 4) is 10.4 Å². The predicted octanol–water partition coefficient (Wildman–Crippen LogP) is 2.39. The molecule has 0 amide bonds. The van der Waals surface area contributed by atoms with Crippen molar-refractivity contribution in [1.29, 1.82) is 0 Å². The molecule has 124 valence electrons. The fourth-order valence-electron chi connectivity index (χ4n) is 3.23. The van der Waals surface area contributed by atoms with E-state index in [1.807, 2.05) is 13.1 Å². The average Bonchev–Trinajstić information content (AvgIpc) is 3.30. The lowest BCUT2D eigenvalue weighted by Crippen LogP contribution is -2.31. The van der Waals surface area contributed by atoms with Gasteiger partial charge in [0, 0.05) is 35.1 Å². The van der Waals surface area contributed by atoms with E-state index in [1.165, 1.54) is 15.0 Å². The van der Waals surface area contributed by atoms with Gasteiger partial charge in [-0.25, -0.2) is 4.99 Å². The second kappa shape index (κ2) is 5.60. The van der Waals surface area contributed by atoms with E-state index >= 15 is 0 Å². The molecule has 25 heavy (non-hydrogen) atoms. The summed E-state index contributed by atoms with van der Waals surface area (Å²) in [6, 6.07) is 12.7. The van der Waals surface area contributed by atoms with Gasteiger partial charge in [-0.05, 0) is 18.6 Å². The van der Waals surface area contributed by atoms with E-state index < -0.39 is 0 Å². The summed E-state index contributed by atoms with van der Waals surface area (Å²) in [6.45, 7) is 3.78. The topological polar surface area (TPSA) is 47.5 Å². The first-order valence-corrected chi connectivity index (χ1v) is 9.05. The summed E-state index contributed by atoms with van der Waals surface area (Å²) >= 11 is 1.76. The lowest BCUT2D eigenvalue weighted by Gasteiger charge is -2.19. The first kappa shape index (κ1) is 14.5. The zero-order valence-corrected chi connectivity index (χ0v) is 14.6. The molecule has 2 aliphatic heterocycles. The maximum absolute atomic E-state index is 4.85. The van der Waals surface area contributed by atoms with Crippen LogP contribution in [0.1, 0.15) is 11.3 Å². The van der Waals surface area contributed by atoms with Gasteiger partial charge in [-0.1, -0.05) is 30.3 Å². The van der Waals surface area contributed by atoms with Crippen LogP contribution in [0.3, 0.4) is 0 Å². The second-order valence-electron chi connectivity index (χ2n) is 6.34. The minimum atomic E-state index is 0.838. The summed E-state index contributed by atoms with van der Waals surface area (Å²) in [6.07, 6.45) is 6.24. The molecule has 2 aliphatic rings. The molecule has 0 radical (unpaired) electrons. The molecule has 0 spiro atoms. The molecule has 5 rings (SSSR count). The highest BCUT2D eigenvalue weighted by Crippen LogP contribution is 2.25. The molecule has 5 nitrogen and oxygen atoms in total. The fourth-order valence-corrected chi connectivity index (χ4v) is 4.34. The average molecular weight is 347 g/mol. The molecule has 1 aromatic carbocycles. The number of aromatic nitrogens is 2. The molecule has 4 heterocycles. The maximum atomic E-state index is 4.85. The number of hydrogen-bond donors (Lipinski definition) is 1. The Labute approximate surface area is 149 Å². The van der Waals surface area contributed by atoms with E-state index in [0.717, 1.165) is 35.6 Å². The van der Waals surface area contributed by atoms with E-state index in [4.69, 9.17) is 4.99 Å². The first-order chi connectivity index (χ1) is 12.3. The fraction of sp³-hybridized carbons (Fsp3) is 0.158. The Balaban J connectivity index is 1.46. The van der Waals surface area contributed by atoms with Crippen molar-refractivity contribution in [2.24, 2.45) is 4.99 Å². The van der Waals surface area contributed by atoms with Crippen LogP contribution in [0.5, 0.6) is 0 Å². The summed E-state index contributed by atoms with van der Waals surface area (Å²) in [5.41, 5.74) is 3.56. The van der Waals surface area contributed by atoms with E-state index in [-0.39, 0.29) is 0 Å². The van der Waals surface area contributed by atoms with Crippen LogP contribution in [0.2, 0.25) is 0 Å². The maximum Gasteiger partial charge on any atom is 0.150 e. The molecular weight excluding hydrogens is 330 g/mol. The Bertz CT molecular complexity index is 1080. The highest BCUT2D eigenvalue weighted by molar-refractivity contribution is 7.13. The molecule has 0 atom stereocenters.